The molecule has 0 bridgehead atoms. The van der Waals surface area contributed by atoms with E-state index in [1.807, 2.05) is 31.2 Å². The van der Waals surface area contributed by atoms with Crippen molar-refractivity contribution in [2.75, 3.05) is 11.1 Å². The molecule has 2 nitrogen and oxygen atoms in total. The molecule has 0 fully saturated rings. The van der Waals surface area contributed by atoms with Crippen LogP contribution in [0.25, 0.3) is 22.3 Å². The van der Waals surface area contributed by atoms with Gasteiger partial charge in [0.05, 0.1) is 0 Å². The smallest absolute Gasteiger partial charge is 0.0381 e. The van der Waals surface area contributed by atoms with Crippen molar-refractivity contribution < 1.29 is 0 Å². The minimum Gasteiger partial charge on any atom is -0.399 e. The zero-order chi connectivity index (χ0) is 16.2. The Bertz CT molecular complexity index is 798. The number of allylic oxidation sites excluding steroid dienone is 1. The number of hydrogen-bond donors (Lipinski definition) is 2. The molecule has 0 unspecified atom stereocenters. The first-order chi connectivity index (χ1) is 11.1. The van der Waals surface area contributed by atoms with Gasteiger partial charge in [-0.1, -0.05) is 55.1 Å². The van der Waals surface area contributed by atoms with Crippen LogP contribution in [0.3, 0.4) is 0 Å². The predicted octanol–water partition coefficient (Wildman–Crippen LogP) is 5.55. The summed E-state index contributed by atoms with van der Waals surface area (Å²) >= 11 is 0. The summed E-state index contributed by atoms with van der Waals surface area (Å²) in [5.74, 6) is 0. The normalized spacial score (nSPS) is 10.3. The number of hydrogen-bond acceptors (Lipinski definition) is 2. The van der Waals surface area contributed by atoms with Gasteiger partial charge in [-0.25, -0.2) is 0 Å². The Labute approximate surface area is 137 Å². The van der Waals surface area contributed by atoms with Gasteiger partial charge in [0.25, 0.3) is 0 Å². The van der Waals surface area contributed by atoms with E-state index in [0.717, 1.165) is 17.1 Å². The Hall–Kier alpha value is -3.00. The number of nitrogens with one attached hydrogen (secondary N) is 1. The fourth-order valence-corrected chi connectivity index (χ4v) is 2.52. The molecule has 114 valence electrons. The monoisotopic (exact) mass is 300 g/mol. The lowest BCUT2D eigenvalue weighted by Gasteiger charge is -2.08. The van der Waals surface area contributed by atoms with Crippen molar-refractivity contribution in [3.8, 4) is 22.3 Å². The van der Waals surface area contributed by atoms with Gasteiger partial charge in [-0.3, -0.25) is 0 Å². The molecular formula is C21H20N2. The van der Waals surface area contributed by atoms with Crippen LogP contribution in [0.15, 0.2) is 85.1 Å². The number of benzene rings is 3. The van der Waals surface area contributed by atoms with Gasteiger partial charge in [0.2, 0.25) is 0 Å². The van der Waals surface area contributed by atoms with E-state index in [4.69, 9.17) is 5.73 Å². The van der Waals surface area contributed by atoms with E-state index >= 15 is 0 Å². The predicted molar refractivity (Wildman–Crippen MR) is 100 cm³/mol. The average Bonchev–Trinajstić information content (AvgIpc) is 2.56. The maximum atomic E-state index is 5.74. The highest BCUT2D eigenvalue weighted by molar-refractivity contribution is 5.72. The molecule has 2 heteroatoms. The van der Waals surface area contributed by atoms with Gasteiger partial charge in [-0.2, -0.15) is 0 Å². The summed E-state index contributed by atoms with van der Waals surface area (Å²) in [6.07, 6.45) is 0. The summed E-state index contributed by atoms with van der Waals surface area (Å²) in [5.41, 5.74) is 13.3. The van der Waals surface area contributed by atoms with Crippen molar-refractivity contribution in [2.45, 2.75) is 6.92 Å². The lowest BCUT2D eigenvalue weighted by Crippen LogP contribution is -1.92. The van der Waals surface area contributed by atoms with Gasteiger partial charge in [0.15, 0.2) is 0 Å². The van der Waals surface area contributed by atoms with Crippen LogP contribution in [-0.2, 0) is 0 Å². The van der Waals surface area contributed by atoms with Gasteiger partial charge < -0.3 is 11.1 Å². The van der Waals surface area contributed by atoms with Crippen LogP contribution in [0, 0.1) is 0 Å². The fourth-order valence-electron chi connectivity index (χ4n) is 2.52. The molecule has 3 aromatic rings. The number of nitrogens with two attached hydrogens (primary N) is 1. The molecule has 0 heterocycles. The minimum absolute atomic E-state index is 0.786. The second-order valence-corrected chi connectivity index (χ2v) is 5.68. The third kappa shape index (κ3) is 3.61. The molecule has 23 heavy (non-hydrogen) atoms. The third-order valence-corrected chi connectivity index (χ3v) is 3.70. The summed E-state index contributed by atoms with van der Waals surface area (Å²) in [4.78, 5) is 0. The van der Waals surface area contributed by atoms with Crippen molar-refractivity contribution in [1.29, 1.82) is 0 Å². The van der Waals surface area contributed by atoms with Crippen molar-refractivity contribution in [1.82, 2.24) is 0 Å². The molecule has 0 aliphatic carbocycles. The van der Waals surface area contributed by atoms with Crippen molar-refractivity contribution in [3.63, 3.8) is 0 Å². The number of rotatable bonds is 4. The Morgan fingerprint density at radius 3 is 1.43 bits per heavy atom. The Morgan fingerprint density at radius 2 is 1.04 bits per heavy atom. The Morgan fingerprint density at radius 1 is 0.696 bits per heavy atom. The van der Waals surface area contributed by atoms with Crippen LogP contribution >= 0.6 is 0 Å². The van der Waals surface area contributed by atoms with Crippen molar-refractivity contribution in [3.05, 3.63) is 85.1 Å². The van der Waals surface area contributed by atoms with Crippen LogP contribution in [0.5, 0.6) is 0 Å². The third-order valence-electron chi connectivity index (χ3n) is 3.70. The molecule has 0 aliphatic heterocycles. The zero-order valence-corrected chi connectivity index (χ0v) is 13.2. The first-order valence-electron chi connectivity index (χ1n) is 7.61. The molecular weight excluding hydrogens is 280 g/mol. The Balaban J connectivity index is 1.81. The van der Waals surface area contributed by atoms with Crippen LogP contribution in [0.1, 0.15) is 6.92 Å². The topological polar surface area (TPSA) is 38.0 Å². The highest BCUT2D eigenvalue weighted by atomic mass is 14.9. The molecule has 3 rings (SSSR count). The minimum atomic E-state index is 0.786. The SMILES string of the molecule is C=C(C)Nc1ccc(-c2ccc(-c3ccc(N)cc3)cc2)cc1. The summed E-state index contributed by atoms with van der Waals surface area (Å²) in [6.45, 7) is 5.80. The molecule has 0 radical (unpaired) electrons. The average molecular weight is 300 g/mol. The summed E-state index contributed by atoms with van der Waals surface area (Å²) in [6, 6.07) is 24.9. The maximum Gasteiger partial charge on any atom is 0.0381 e. The summed E-state index contributed by atoms with van der Waals surface area (Å²) in [7, 11) is 0. The van der Waals surface area contributed by atoms with E-state index in [2.05, 4.69) is 60.4 Å². The molecule has 3 N–H and O–H groups in total. The molecule has 0 saturated heterocycles. The van der Waals surface area contributed by atoms with Crippen LogP contribution in [-0.4, -0.2) is 0 Å². The van der Waals surface area contributed by atoms with Crippen molar-refractivity contribution >= 4 is 11.4 Å². The Kier molecular flexibility index (Phi) is 4.15. The van der Waals surface area contributed by atoms with Crippen LogP contribution < -0.4 is 11.1 Å². The van der Waals surface area contributed by atoms with Gasteiger partial charge in [0.1, 0.15) is 0 Å². The van der Waals surface area contributed by atoms with Gasteiger partial charge in [-0.15, -0.1) is 0 Å². The van der Waals surface area contributed by atoms with Crippen LogP contribution in [0.4, 0.5) is 11.4 Å². The van der Waals surface area contributed by atoms with E-state index < -0.39 is 0 Å². The van der Waals surface area contributed by atoms with Crippen molar-refractivity contribution in [2.24, 2.45) is 0 Å². The van der Waals surface area contributed by atoms with Gasteiger partial charge in [-0.05, 0) is 53.4 Å². The fraction of sp³-hybridized carbons (Fsp3) is 0.0476. The highest BCUT2D eigenvalue weighted by Gasteiger charge is 2.01. The first-order valence-corrected chi connectivity index (χ1v) is 7.61. The lowest BCUT2D eigenvalue weighted by molar-refractivity contribution is 1.40. The standard InChI is InChI=1S/C21H20N2/c1-15(2)23-21-13-9-19(10-14-21)17-5-3-16(4-6-17)18-7-11-20(22)12-8-18/h3-14,23H,1,22H2,2H3. The summed E-state index contributed by atoms with van der Waals surface area (Å²) < 4.78 is 0. The lowest BCUT2D eigenvalue weighted by atomic mass is 10.00. The second-order valence-electron chi connectivity index (χ2n) is 5.68. The van der Waals surface area contributed by atoms with E-state index in [1.54, 1.807) is 0 Å². The molecule has 0 amide bonds. The largest absolute Gasteiger partial charge is 0.399 e. The second kappa shape index (κ2) is 6.41. The maximum absolute atomic E-state index is 5.74. The zero-order valence-electron chi connectivity index (χ0n) is 13.2. The number of nitrogen functional groups attached to an aromatic ring is 1. The number of anilines is 2. The molecule has 0 saturated carbocycles. The van der Waals surface area contributed by atoms with Crippen LogP contribution in [0.2, 0.25) is 0 Å². The molecule has 0 atom stereocenters. The first kappa shape index (κ1) is 14.9. The van der Waals surface area contributed by atoms with Gasteiger partial charge >= 0.3 is 0 Å². The van der Waals surface area contributed by atoms with E-state index in [-0.39, 0.29) is 0 Å². The van der Waals surface area contributed by atoms with E-state index in [0.29, 0.717) is 0 Å². The van der Waals surface area contributed by atoms with E-state index in [9.17, 15) is 0 Å². The van der Waals surface area contributed by atoms with Gasteiger partial charge in [0, 0.05) is 17.1 Å². The highest BCUT2D eigenvalue weighted by Crippen LogP contribution is 2.26. The molecule has 3 aromatic carbocycles. The molecule has 0 aliphatic rings. The quantitative estimate of drug-likeness (QED) is 0.620. The summed E-state index contributed by atoms with van der Waals surface area (Å²) in [5, 5.41) is 3.21. The molecule has 0 spiro atoms. The van der Waals surface area contributed by atoms with E-state index in [1.165, 1.54) is 22.3 Å². The molecule has 0 aromatic heterocycles.